The van der Waals surface area contributed by atoms with Gasteiger partial charge in [0.05, 0.1) is 24.9 Å². The molecular formula is C14H19N3O2. The van der Waals surface area contributed by atoms with Gasteiger partial charge in [0.2, 0.25) is 5.91 Å². The van der Waals surface area contributed by atoms with Crippen molar-refractivity contribution in [3.05, 3.63) is 24.2 Å². The summed E-state index contributed by atoms with van der Waals surface area (Å²) in [5.41, 5.74) is -0.729. The highest BCUT2D eigenvalue weighted by Gasteiger charge is 2.42. The molecule has 5 heteroatoms. The van der Waals surface area contributed by atoms with Crippen LogP contribution in [0.5, 0.6) is 0 Å². The van der Waals surface area contributed by atoms with E-state index in [1.165, 1.54) is 0 Å². The summed E-state index contributed by atoms with van der Waals surface area (Å²) in [6, 6.07) is 5.85. The monoisotopic (exact) mass is 261 g/mol. The molecule has 1 aromatic rings. The van der Waals surface area contributed by atoms with Crippen molar-refractivity contribution < 1.29 is 9.21 Å². The molecule has 1 fully saturated rings. The summed E-state index contributed by atoms with van der Waals surface area (Å²) in [5.74, 6) is 0.927. The highest BCUT2D eigenvalue weighted by Crippen LogP contribution is 2.39. The van der Waals surface area contributed by atoms with Gasteiger partial charge in [-0.25, -0.2) is 0 Å². The normalized spacial score (nSPS) is 19.2. The molecule has 1 amide bonds. The van der Waals surface area contributed by atoms with Crippen LogP contribution in [0.25, 0.3) is 0 Å². The molecule has 0 radical (unpaired) electrons. The van der Waals surface area contributed by atoms with Gasteiger partial charge in [0, 0.05) is 0 Å². The van der Waals surface area contributed by atoms with Crippen molar-refractivity contribution in [3.63, 3.8) is 0 Å². The van der Waals surface area contributed by atoms with Gasteiger partial charge in [-0.15, -0.1) is 0 Å². The van der Waals surface area contributed by atoms with Crippen LogP contribution in [0.15, 0.2) is 22.8 Å². The standard InChI is InChI=1S/C14H19N3O2/c1-10(12-4-3-7-19-12)16-8-13(18)17-14(2,9-15)11-5-6-11/h3-4,7,10-11,16H,5-6,8H2,1-2H3,(H,17,18)/t10-,14-/m0/s1. The summed E-state index contributed by atoms with van der Waals surface area (Å²) in [6.07, 6.45) is 3.63. The van der Waals surface area contributed by atoms with Crippen LogP contribution in [-0.2, 0) is 4.79 Å². The lowest BCUT2D eigenvalue weighted by atomic mass is 9.98. The predicted octanol–water partition coefficient (Wildman–Crippen LogP) is 1.74. The molecule has 5 nitrogen and oxygen atoms in total. The molecule has 2 rings (SSSR count). The number of hydrogen-bond acceptors (Lipinski definition) is 4. The topological polar surface area (TPSA) is 78.1 Å². The van der Waals surface area contributed by atoms with Gasteiger partial charge in [-0.3, -0.25) is 10.1 Å². The summed E-state index contributed by atoms with van der Waals surface area (Å²) < 4.78 is 5.25. The van der Waals surface area contributed by atoms with Crippen LogP contribution in [0.1, 0.15) is 38.5 Å². The first-order valence-electron chi connectivity index (χ1n) is 6.54. The molecule has 19 heavy (non-hydrogen) atoms. The van der Waals surface area contributed by atoms with Crippen molar-refractivity contribution in [2.75, 3.05) is 6.54 Å². The molecule has 1 aliphatic carbocycles. The lowest BCUT2D eigenvalue weighted by Crippen LogP contribution is -2.49. The smallest absolute Gasteiger partial charge is 0.235 e. The minimum atomic E-state index is -0.729. The average molecular weight is 261 g/mol. The summed E-state index contributed by atoms with van der Waals surface area (Å²) in [6.45, 7) is 3.89. The number of amides is 1. The van der Waals surface area contributed by atoms with E-state index in [1.807, 2.05) is 19.1 Å². The maximum Gasteiger partial charge on any atom is 0.235 e. The number of furan rings is 1. The number of hydrogen-bond donors (Lipinski definition) is 2. The largest absolute Gasteiger partial charge is 0.468 e. The second-order valence-corrected chi connectivity index (χ2v) is 5.25. The van der Waals surface area contributed by atoms with Gasteiger partial charge in [-0.05, 0) is 44.7 Å². The Kier molecular flexibility index (Phi) is 3.91. The Morgan fingerprint density at radius 3 is 2.95 bits per heavy atom. The van der Waals surface area contributed by atoms with Crippen molar-refractivity contribution in [1.82, 2.24) is 10.6 Å². The number of nitrogens with one attached hydrogen (secondary N) is 2. The molecule has 1 aliphatic rings. The Hall–Kier alpha value is -1.80. The predicted molar refractivity (Wildman–Crippen MR) is 70.0 cm³/mol. The lowest BCUT2D eigenvalue weighted by Gasteiger charge is -2.23. The lowest BCUT2D eigenvalue weighted by molar-refractivity contribution is -0.121. The van der Waals surface area contributed by atoms with Crippen LogP contribution in [-0.4, -0.2) is 18.0 Å². The Labute approximate surface area is 113 Å². The van der Waals surface area contributed by atoms with Crippen LogP contribution >= 0.6 is 0 Å². The maximum absolute atomic E-state index is 11.9. The third kappa shape index (κ3) is 3.36. The van der Waals surface area contributed by atoms with Crippen LogP contribution < -0.4 is 10.6 Å². The number of nitriles is 1. The van der Waals surface area contributed by atoms with E-state index in [4.69, 9.17) is 4.42 Å². The van der Waals surface area contributed by atoms with Gasteiger partial charge in [-0.1, -0.05) is 0 Å². The van der Waals surface area contributed by atoms with Crippen LogP contribution in [0.4, 0.5) is 0 Å². The molecule has 0 bridgehead atoms. The number of carbonyl (C=O) groups excluding carboxylic acids is 1. The van der Waals surface area contributed by atoms with E-state index in [0.717, 1.165) is 18.6 Å². The van der Waals surface area contributed by atoms with E-state index in [2.05, 4.69) is 16.7 Å². The molecule has 1 heterocycles. The number of rotatable bonds is 6. The first-order valence-corrected chi connectivity index (χ1v) is 6.54. The van der Waals surface area contributed by atoms with Gasteiger partial charge >= 0.3 is 0 Å². The fraction of sp³-hybridized carbons (Fsp3) is 0.571. The number of nitrogens with zero attached hydrogens (tertiary/aromatic N) is 1. The second kappa shape index (κ2) is 5.45. The van der Waals surface area contributed by atoms with E-state index in [9.17, 15) is 10.1 Å². The molecule has 0 aliphatic heterocycles. The minimum absolute atomic E-state index is 0.0324. The van der Waals surface area contributed by atoms with Crippen LogP contribution in [0.3, 0.4) is 0 Å². The van der Waals surface area contributed by atoms with Crippen molar-refractivity contribution >= 4 is 5.91 Å². The minimum Gasteiger partial charge on any atom is -0.468 e. The Morgan fingerprint density at radius 1 is 1.68 bits per heavy atom. The van der Waals surface area contributed by atoms with Gasteiger partial charge < -0.3 is 9.73 Å². The van der Waals surface area contributed by atoms with Crippen molar-refractivity contribution in [1.29, 1.82) is 5.26 Å². The maximum atomic E-state index is 11.9. The van der Waals surface area contributed by atoms with Crippen LogP contribution in [0.2, 0.25) is 0 Å². The zero-order valence-electron chi connectivity index (χ0n) is 11.3. The Balaban J connectivity index is 1.80. The van der Waals surface area contributed by atoms with Gasteiger partial charge in [0.15, 0.2) is 0 Å². The molecule has 102 valence electrons. The first-order chi connectivity index (χ1) is 9.05. The van der Waals surface area contributed by atoms with Crippen LogP contribution in [0, 0.1) is 17.2 Å². The Morgan fingerprint density at radius 2 is 2.42 bits per heavy atom. The molecule has 0 saturated heterocycles. The SMILES string of the molecule is C[C@H](NCC(=O)N[C@@](C)(C#N)C1CC1)c1ccco1. The third-order valence-electron chi connectivity index (χ3n) is 3.56. The summed E-state index contributed by atoms with van der Waals surface area (Å²) in [4.78, 5) is 11.9. The molecule has 2 atom stereocenters. The van der Waals surface area contributed by atoms with Gasteiger partial charge in [0.25, 0.3) is 0 Å². The van der Waals surface area contributed by atoms with E-state index in [-0.39, 0.29) is 18.5 Å². The zero-order valence-corrected chi connectivity index (χ0v) is 11.3. The van der Waals surface area contributed by atoms with E-state index in [0.29, 0.717) is 5.92 Å². The van der Waals surface area contributed by atoms with Crippen molar-refractivity contribution in [2.45, 2.75) is 38.3 Å². The average Bonchev–Trinajstić information content (AvgIpc) is 3.12. The zero-order chi connectivity index (χ0) is 13.9. The fourth-order valence-corrected chi connectivity index (χ4v) is 2.10. The highest BCUT2D eigenvalue weighted by atomic mass is 16.3. The number of carbonyl (C=O) groups is 1. The second-order valence-electron chi connectivity index (χ2n) is 5.25. The van der Waals surface area contributed by atoms with Crippen molar-refractivity contribution in [3.8, 4) is 6.07 Å². The summed E-state index contributed by atoms with van der Waals surface area (Å²) in [7, 11) is 0. The molecule has 0 spiro atoms. The van der Waals surface area contributed by atoms with Crippen molar-refractivity contribution in [2.24, 2.45) is 5.92 Å². The molecule has 1 aromatic heterocycles. The molecule has 1 saturated carbocycles. The summed E-state index contributed by atoms with van der Waals surface area (Å²) >= 11 is 0. The molecule has 0 aromatic carbocycles. The third-order valence-corrected chi connectivity index (χ3v) is 3.56. The van der Waals surface area contributed by atoms with E-state index in [1.54, 1.807) is 13.2 Å². The molecular weight excluding hydrogens is 242 g/mol. The quantitative estimate of drug-likeness (QED) is 0.817. The summed E-state index contributed by atoms with van der Waals surface area (Å²) in [5, 5.41) is 15.1. The van der Waals surface area contributed by atoms with E-state index < -0.39 is 5.54 Å². The molecule has 0 unspecified atom stereocenters. The first kappa shape index (κ1) is 13.6. The van der Waals surface area contributed by atoms with Gasteiger partial charge in [0.1, 0.15) is 11.3 Å². The highest BCUT2D eigenvalue weighted by molar-refractivity contribution is 5.79. The molecule has 2 N–H and O–H groups in total. The van der Waals surface area contributed by atoms with E-state index >= 15 is 0 Å². The fourth-order valence-electron chi connectivity index (χ4n) is 2.10. The van der Waals surface area contributed by atoms with Gasteiger partial charge in [-0.2, -0.15) is 5.26 Å². The Bertz CT molecular complexity index is 473.